The van der Waals surface area contributed by atoms with E-state index in [4.69, 9.17) is 0 Å². The summed E-state index contributed by atoms with van der Waals surface area (Å²) in [7, 11) is 0. The first-order chi connectivity index (χ1) is 10.2. The van der Waals surface area contributed by atoms with E-state index in [2.05, 4.69) is 31.9 Å². The van der Waals surface area contributed by atoms with Crippen molar-refractivity contribution in [3.8, 4) is 0 Å². The van der Waals surface area contributed by atoms with Crippen LogP contribution in [0.15, 0.2) is 34.9 Å². The number of carbonyl (C=O) groups excluding carboxylic acids is 1. The standard InChI is InChI=1S/C17H19BrN2O/c18-15-5-4-13-11-19-16(9-14(13)8-15)10-17(21)12-20-6-2-1-3-7-20/h4-5,8-9,11H,1-3,6-7,10,12H2. The minimum atomic E-state index is 0.263. The first kappa shape index (κ1) is 14.7. The van der Waals surface area contributed by atoms with Crippen LogP contribution in [0.25, 0.3) is 10.8 Å². The zero-order chi connectivity index (χ0) is 14.7. The monoisotopic (exact) mass is 346 g/mol. The molecule has 0 bridgehead atoms. The number of rotatable bonds is 4. The summed E-state index contributed by atoms with van der Waals surface area (Å²) in [6, 6.07) is 8.13. The van der Waals surface area contributed by atoms with Crippen LogP contribution < -0.4 is 0 Å². The first-order valence-corrected chi connectivity index (χ1v) is 8.28. The maximum absolute atomic E-state index is 12.2. The number of pyridine rings is 1. The van der Waals surface area contributed by atoms with Crippen molar-refractivity contribution in [2.75, 3.05) is 19.6 Å². The molecule has 1 aliphatic rings. The molecular weight excluding hydrogens is 328 g/mol. The van der Waals surface area contributed by atoms with Gasteiger partial charge in [-0.3, -0.25) is 14.7 Å². The number of fused-ring (bicyclic) bond motifs is 1. The van der Waals surface area contributed by atoms with E-state index in [-0.39, 0.29) is 5.78 Å². The first-order valence-electron chi connectivity index (χ1n) is 7.49. The van der Waals surface area contributed by atoms with Gasteiger partial charge in [0, 0.05) is 21.7 Å². The van der Waals surface area contributed by atoms with Gasteiger partial charge in [-0.05, 0) is 49.5 Å². The summed E-state index contributed by atoms with van der Waals surface area (Å²) in [6.45, 7) is 2.69. The molecule has 0 amide bonds. The molecule has 1 aromatic heterocycles. The second kappa shape index (κ2) is 6.67. The van der Waals surface area contributed by atoms with Gasteiger partial charge in [-0.15, -0.1) is 0 Å². The summed E-state index contributed by atoms with van der Waals surface area (Å²) in [6.07, 6.45) is 6.01. The highest BCUT2D eigenvalue weighted by molar-refractivity contribution is 9.10. The molecule has 0 N–H and O–H groups in total. The fourth-order valence-corrected chi connectivity index (χ4v) is 3.26. The third kappa shape index (κ3) is 3.89. The number of hydrogen-bond donors (Lipinski definition) is 0. The Hall–Kier alpha value is -1.26. The van der Waals surface area contributed by atoms with Crippen LogP contribution in [0.4, 0.5) is 0 Å². The van der Waals surface area contributed by atoms with Crippen LogP contribution in [0.2, 0.25) is 0 Å². The van der Waals surface area contributed by atoms with Crippen molar-refractivity contribution in [1.29, 1.82) is 0 Å². The van der Waals surface area contributed by atoms with Crippen LogP contribution in [0, 0.1) is 0 Å². The summed E-state index contributed by atoms with van der Waals surface area (Å²) in [4.78, 5) is 18.9. The van der Waals surface area contributed by atoms with E-state index in [1.54, 1.807) is 0 Å². The molecule has 1 aliphatic heterocycles. The lowest BCUT2D eigenvalue weighted by Crippen LogP contribution is -2.35. The van der Waals surface area contributed by atoms with E-state index >= 15 is 0 Å². The number of hydrogen-bond acceptors (Lipinski definition) is 3. The van der Waals surface area contributed by atoms with Gasteiger partial charge in [-0.25, -0.2) is 0 Å². The highest BCUT2D eigenvalue weighted by Crippen LogP contribution is 2.20. The molecule has 1 aromatic carbocycles. The summed E-state index contributed by atoms with van der Waals surface area (Å²) in [5, 5.41) is 2.23. The molecular formula is C17H19BrN2O. The van der Waals surface area contributed by atoms with Crippen LogP contribution in [0.5, 0.6) is 0 Å². The Balaban J connectivity index is 1.67. The number of benzene rings is 1. The number of likely N-dealkylation sites (tertiary alicyclic amines) is 1. The predicted molar refractivity (Wildman–Crippen MR) is 88.4 cm³/mol. The van der Waals surface area contributed by atoms with E-state index in [9.17, 15) is 4.79 Å². The number of carbonyl (C=O) groups is 1. The molecule has 0 atom stereocenters. The van der Waals surface area contributed by atoms with E-state index in [1.165, 1.54) is 19.3 Å². The van der Waals surface area contributed by atoms with Crippen molar-refractivity contribution in [2.24, 2.45) is 0 Å². The van der Waals surface area contributed by atoms with E-state index in [0.717, 1.165) is 34.0 Å². The number of ketones is 1. The predicted octanol–water partition coefficient (Wildman–Crippen LogP) is 3.59. The van der Waals surface area contributed by atoms with Gasteiger partial charge in [0.2, 0.25) is 0 Å². The topological polar surface area (TPSA) is 33.2 Å². The molecule has 110 valence electrons. The molecule has 2 aromatic rings. The van der Waals surface area contributed by atoms with Crippen molar-refractivity contribution < 1.29 is 4.79 Å². The zero-order valence-corrected chi connectivity index (χ0v) is 13.6. The fourth-order valence-electron chi connectivity index (χ4n) is 2.88. The lowest BCUT2D eigenvalue weighted by molar-refractivity contribution is -0.119. The van der Waals surface area contributed by atoms with Crippen LogP contribution in [-0.2, 0) is 11.2 Å². The molecule has 1 fully saturated rings. The average Bonchev–Trinajstić information content (AvgIpc) is 2.47. The van der Waals surface area contributed by atoms with Crippen LogP contribution in [-0.4, -0.2) is 35.3 Å². The second-order valence-electron chi connectivity index (χ2n) is 5.72. The second-order valence-corrected chi connectivity index (χ2v) is 6.64. The summed E-state index contributed by atoms with van der Waals surface area (Å²) in [5.41, 5.74) is 0.864. The Labute approximate surface area is 133 Å². The molecule has 4 heteroatoms. The minimum Gasteiger partial charge on any atom is -0.298 e. The number of piperidine rings is 1. The third-order valence-electron chi connectivity index (χ3n) is 3.97. The Kier molecular flexibility index (Phi) is 4.66. The van der Waals surface area contributed by atoms with Crippen molar-refractivity contribution in [3.05, 3.63) is 40.6 Å². The van der Waals surface area contributed by atoms with Crippen molar-refractivity contribution in [1.82, 2.24) is 9.88 Å². The molecule has 0 spiro atoms. The fraction of sp³-hybridized carbons (Fsp3) is 0.412. The van der Waals surface area contributed by atoms with E-state index < -0.39 is 0 Å². The normalized spacial score (nSPS) is 16.2. The Bertz CT molecular complexity index is 650. The quantitative estimate of drug-likeness (QED) is 0.847. The maximum atomic E-state index is 12.2. The Morgan fingerprint density at radius 3 is 2.76 bits per heavy atom. The van der Waals surface area contributed by atoms with Gasteiger partial charge in [0.15, 0.2) is 5.78 Å². The maximum Gasteiger partial charge on any atom is 0.152 e. The van der Waals surface area contributed by atoms with Crippen LogP contribution >= 0.6 is 15.9 Å². The lowest BCUT2D eigenvalue weighted by atomic mass is 10.1. The summed E-state index contributed by atoms with van der Waals surface area (Å²) < 4.78 is 1.05. The molecule has 3 rings (SSSR count). The Morgan fingerprint density at radius 1 is 1.14 bits per heavy atom. The zero-order valence-electron chi connectivity index (χ0n) is 12.0. The van der Waals surface area contributed by atoms with E-state index in [1.807, 2.05) is 24.4 Å². The molecule has 0 saturated carbocycles. The van der Waals surface area contributed by atoms with Crippen molar-refractivity contribution in [2.45, 2.75) is 25.7 Å². The Morgan fingerprint density at radius 2 is 1.95 bits per heavy atom. The molecule has 3 nitrogen and oxygen atoms in total. The molecule has 1 saturated heterocycles. The van der Waals surface area contributed by atoms with Crippen LogP contribution in [0.1, 0.15) is 25.0 Å². The van der Waals surface area contributed by atoms with Crippen molar-refractivity contribution >= 4 is 32.5 Å². The SMILES string of the molecule is O=C(Cc1cc2cc(Br)ccc2cn1)CN1CCCCC1. The molecule has 0 aliphatic carbocycles. The van der Waals surface area contributed by atoms with Gasteiger partial charge in [0.1, 0.15) is 0 Å². The smallest absolute Gasteiger partial charge is 0.152 e. The van der Waals surface area contributed by atoms with Gasteiger partial charge in [-0.2, -0.15) is 0 Å². The molecule has 21 heavy (non-hydrogen) atoms. The number of halogens is 1. The number of aromatic nitrogens is 1. The van der Waals surface area contributed by atoms with Gasteiger partial charge < -0.3 is 0 Å². The van der Waals surface area contributed by atoms with Crippen LogP contribution in [0.3, 0.4) is 0 Å². The molecule has 0 radical (unpaired) electrons. The minimum absolute atomic E-state index is 0.263. The van der Waals surface area contributed by atoms with Gasteiger partial charge in [0.05, 0.1) is 13.0 Å². The largest absolute Gasteiger partial charge is 0.298 e. The number of nitrogens with zero attached hydrogens (tertiary/aromatic N) is 2. The number of Topliss-reactive ketones (excluding diaryl/α,β-unsaturated/α-hetero) is 1. The average molecular weight is 347 g/mol. The van der Waals surface area contributed by atoms with Gasteiger partial charge in [-0.1, -0.05) is 28.4 Å². The van der Waals surface area contributed by atoms with Gasteiger partial charge >= 0.3 is 0 Å². The summed E-state index contributed by atoms with van der Waals surface area (Å²) in [5.74, 6) is 0.263. The molecule has 0 unspecified atom stereocenters. The summed E-state index contributed by atoms with van der Waals surface area (Å²) >= 11 is 3.48. The highest BCUT2D eigenvalue weighted by Gasteiger charge is 2.14. The lowest BCUT2D eigenvalue weighted by Gasteiger charge is -2.25. The van der Waals surface area contributed by atoms with E-state index in [0.29, 0.717) is 13.0 Å². The van der Waals surface area contributed by atoms with Gasteiger partial charge in [0.25, 0.3) is 0 Å². The van der Waals surface area contributed by atoms with Crippen molar-refractivity contribution in [3.63, 3.8) is 0 Å². The molecule has 2 heterocycles. The third-order valence-corrected chi connectivity index (χ3v) is 4.46. The highest BCUT2D eigenvalue weighted by atomic mass is 79.9.